The van der Waals surface area contributed by atoms with E-state index in [0.29, 0.717) is 11.7 Å². The second-order valence-corrected chi connectivity index (χ2v) is 6.07. The maximum Gasteiger partial charge on any atom is 0.137 e. The zero-order chi connectivity index (χ0) is 11.5. The van der Waals surface area contributed by atoms with Crippen molar-refractivity contribution in [1.29, 1.82) is 0 Å². The van der Waals surface area contributed by atoms with E-state index >= 15 is 0 Å². The third-order valence-corrected chi connectivity index (χ3v) is 4.10. The molecule has 92 valence electrons. The number of carbonyl (C=O) groups is 1. The Labute approximate surface area is 99.4 Å². The number of nitrogens with zero attached hydrogens (tertiary/aromatic N) is 1. The van der Waals surface area contributed by atoms with Crippen molar-refractivity contribution in [2.75, 3.05) is 19.6 Å². The van der Waals surface area contributed by atoms with Gasteiger partial charge < -0.3 is 4.90 Å². The van der Waals surface area contributed by atoms with Gasteiger partial charge in [0.2, 0.25) is 0 Å². The maximum atomic E-state index is 11.8. The Bertz CT molecular complexity index is 241. The summed E-state index contributed by atoms with van der Waals surface area (Å²) in [5.41, 5.74) is 0. The summed E-state index contributed by atoms with van der Waals surface area (Å²) in [6.45, 7) is 8.12. The van der Waals surface area contributed by atoms with Crippen molar-refractivity contribution in [3.05, 3.63) is 0 Å². The van der Waals surface area contributed by atoms with E-state index in [4.69, 9.17) is 0 Å². The van der Waals surface area contributed by atoms with E-state index < -0.39 is 0 Å². The molecule has 2 rings (SSSR count). The monoisotopic (exact) mass is 223 g/mol. The van der Waals surface area contributed by atoms with Gasteiger partial charge in [-0.15, -0.1) is 0 Å². The minimum Gasteiger partial charge on any atom is -0.302 e. The Kier molecular flexibility index (Phi) is 4.01. The van der Waals surface area contributed by atoms with Crippen molar-refractivity contribution in [3.63, 3.8) is 0 Å². The first kappa shape index (κ1) is 12.1. The number of hydrogen-bond acceptors (Lipinski definition) is 2. The molecule has 1 heterocycles. The molecule has 0 aromatic rings. The molecule has 1 saturated carbocycles. The van der Waals surface area contributed by atoms with Crippen LogP contribution in [0.4, 0.5) is 0 Å². The molecule has 0 aromatic carbocycles. The molecule has 2 fully saturated rings. The normalized spacial score (nSPS) is 37.6. The SMILES string of the molecule is CC1CC(C)CN(CC2CCCCC2=O)C1. The summed E-state index contributed by atoms with van der Waals surface area (Å²) in [7, 11) is 0. The van der Waals surface area contributed by atoms with Crippen LogP contribution in [-0.2, 0) is 4.79 Å². The number of hydrogen-bond donors (Lipinski definition) is 0. The Morgan fingerprint density at radius 2 is 1.88 bits per heavy atom. The topological polar surface area (TPSA) is 20.3 Å². The van der Waals surface area contributed by atoms with Crippen molar-refractivity contribution in [1.82, 2.24) is 4.90 Å². The lowest BCUT2D eigenvalue weighted by molar-refractivity contribution is -0.125. The van der Waals surface area contributed by atoms with Crippen molar-refractivity contribution in [2.24, 2.45) is 17.8 Å². The van der Waals surface area contributed by atoms with Gasteiger partial charge in [0.25, 0.3) is 0 Å². The van der Waals surface area contributed by atoms with E-state index in [2.05, 4.69) is 18.7 Å². The van der Waals surface area contributed by atoms with Crippen molar-refractivity contribution in [3.8, 4) is 0 Å². The van der Waals surface area contributed by atoms with E-state index in [1.54, 1.807) is 0 Å². The highest BCUT2D eigenvalue weighted by Gasteiger charge is 2.28. The zero-order valence-electron chi connectivity index (χ0n) is 10.7. The Morgan fingerprint density at radius 3 is 2.50 bits per heavy atom. The summed E-state index contributed by atoms with van der Waals surface area (Å²) in [4.78, 5) is 14.3. The zero-order valence-corrected chi connectivity index (χ0v) is 10.7. The summed E-state index contributed by atoms with van der Waals surface area (Å²) in [6, 6.07) is 0. The van der Waals surface area contributed by atoms with Crippen LogP contribution < -0.4 is 0 Å². The summed E-state index contributed by atoms with van der Waals surface area (Å²) in [6.07, 6.45) is 5.72. The molecule has 3 atom stereocenters. The largest absolute Gasteiger partial charge is 0.302 e. The molecule has 0 amide bonds. The van der Waals surface area contributed by atoms with Crippen LogP contribution in [0.2, 0.25) is 0 Å². The molecule has 2 nitrogen and oxygen atoms in total. The van der Waals surface area contributed by atoms with Crippen LogP contribution in [0, 0.1) is 17.8 Å². The number of piperidine rings is 1. The average Bonchev–Trinajstić information content (AvgIpc) is 2.20. The standard InChI is InChI=1S/C14H25NO/c1-11-7-12(2)9-15(8-11)10-13-5-3-4-6-14(13)16/h11-13H,3-10H2,1-2H3. The van der Waals surface area contributed by atoms with Gasteiger partial charge in [0, 0.05) is 32.0 Å². The molecule has 3 unspecified atom stereocenters. The summed E-state index contributed by atoms with van der Waals surface area (Å²) in [5, 5.41) is 0. The van der Waals surface area contributed by atoms with Crippen molar-refractivity contribution >= 4 is 5.78 Å². The molecule has 0 radical (unpaired) electrons. The second kappa shape index (κ2) is 5.31. The fourth-order valence-electron chi connectivity index (χ4n) is 3.50. The summed E-state index contributed by atoms with van der Waals surface area (Å²) < 4.78 is 0. The molecule has 2 heteroatoms. The van der Waals surface area contributed by atoms with E-state index in [0.717, 1.165) is 37.6 Å². The van der Waals surface area contributed by atoms with Gasteiger partial charge in [-0.25, -0.2) is 0 Å². The van der Waals surface area contributed by atoms with Crippen LogP contribution in [0.5, 0.6) is 0 Å². The number of likely N-dealkylation sites (tertiary alicyclic amines) is 1. The van der Waals surface area contributed by atoms with Crippen LogP contribution in [0.15, 0.2) is 0 Å². The van der Waals surface area contributed by atoms with Gasteiger partial charge in [0.1, 0.15) is 5.78 Å². The van der Waals surface area contributed by atoms with E-state index in [1.165, 1.54) is 25.9 Å². The number of Topliss-reactive ketones (excluding diaryl/α,β-unsaturated/α-hetero) is 1. The lowest BCUT2D eigenvalue weighted by atomic mass is 9.85. The minimum absolute atomic E-state index is 0.353. The fourth-order valence-corrected chi connectivity index (χ4v) is 3.50. The van der Waals surface area contributed by atoms with Gasteiger partial charge in [-0.3, -0.25) is 4.79 Å². The lowest BCUT2D eigenvalue weighted by Crippen LogP contribution is -2.43. The van der Waals surface area contributed by atoms with E-state index in [-0.39, 0.29) is 0 Å². The smallest absolute Gasteiger partial charge is 0.137 e. The number of ketones is 1. The van der Waals surface area contributed by atoms with Crippen LogP contribution in [0.3, 0.4) is 0 Å². The van der Waals surface area contributed by atoms with Crippen LogP contribution >= 0.6 is 0 Å². The predicted octanol–water partition coefficient (Wildman–Crippen LogP) is 2.72. The van der Waals surface area contributed by atoms with Gasteiger partial charge in [-0.2, -0.15) is 0 Å². The van der Waals surface area contributed by atoms with Gasteiger partial charge in [-0.05, 0) is 31.1 Å². The summed E-state index contributed by atoms with van der Waals surface area (Å²) in [5.74, 6) is 2.49. The Morgan fingerprint density at radius 1 is 1.19 bits per heavy atom. The molecule has 1 saturated heterocycles. The Balaban J connectivity index is 1.85. The number of rotatable bonds is 2. The third-order valence-electron chi connectivity index (χ3n) is 4.10. The van der Waals surface area contributed by atoms with Crippen LogP contribution in [0.1, 0.15) is 46.0 Å². The highest BCUT2D eigenvalue weighted by atomic mass is 16.1. The average molecular weight is 223 g/mol. The molecule has 1 aliphatic carbocycles. The molecule has 0 N–H and O–H groups in total. The molecular formula is C14H25NO. The first-order valence-electron chi connectivity index (χ1n) is 6.90. The van der Waals surface area contributed by atoms with Crippen LogP contribution in [0.25, 0.3) is 0 Å². The lowest BCUT2D eigenvalue weighted by Gasteiger charge is -2.37. The highest BCUT2D eigenvalue weighted by molar-refractivity contribution is 5.81. The van der Waals surface area contributed by atoms with Gasteiger partial charge in [0.15, 0.2) is 0 Å². The molecular weight excluding hydrogens is 198 g/mol. The van der Waals surface area contributed by atoms with Crippen molar-refractivity contribution in [2.45, 2.75) is 46.0 Å². The third kappa shape index (κ3) is 3.07. The molecule has 16 heavy (non-hydrogen) atoms. The highest BCUT2D eigenvalue weighted by Crippen LogP contribution is 2.25. The van der Waals surface area contributed by atoms with Gasteiger partial charge in [0.05, 0.1) is 0 Å². The molecule has 2 aliphatic rings. The Hall–Kier alpha value is -0.370. The van der Waals surface area contributed by atoms with Gasteiger partial charge in [-0.1, -0.05) is 20.3 Å². The van der Waals surface area contributed by atoms with Gasteiger partial charge >= 0.3 is 0 Å². The van der Waals surface area contributed by atoms with Crippen LogP contribution in [-0.4, -0.2) is 30.3 Å². The van der Waals surface area contributed by atoms with E-state index in [9.17, 15) is 4.79 Å². The maximum absolute atomic E-state index is 11.8. The summed E-state index contributed by atoms with van der Waals surface area (Å²) >= 11 is 0. The first-order chi connectivity index (χ1) is 7.65. The molecule has 1 aliphatic heterocycles. The second-order valence-electron chi connectivity index (χ2n) is 6.07. The molecule has 0 bridgehead atoms. The van der Waals surface area contributed by atoms with E-state index in [1.807, 2.05) is 0 Å². The molecule has 0 aromatic heterocycles. The number of carbonyl (C=O) groups excluding carboxylic acids is 1. The fraction of sp³-hybridized carbons (Fsp3) is 0.929. The molecule has 0 spiro atoms. The van der Waals surface area contributed by atoms with Crippen molar-refractivity contribution < 1.29 is 4.79 Å². The predicted molar refractivity (Wildman–Crippen MR) is 66.4 cm³/mol. The first-order valence-corrected chi connectivity index (χ1v) is 6.90. The quantitative estimate of drug-likeness (QED) is 0.717. The minimum atomic E-state index is 0.353.